The number of rotatable bonds is 5. The Morgan fingerprint density at radius 1 is 1.13 bits per heavy atom. The van der Waals surface area contributed by atoms with E-state index in [1.54, 1.807) is 36.3 Å². The van der Waals surface area contributed by atoms with E-state index in [2.05, 4.69) is 17.2 Å². The minimum Gasteiger partial charge on any atom is -0.464 e. The fourth-order valence-electron chi connectivity index (χ4n) is 5.49. The average molecular weight is 531 g/mol. The lowest BCUT2D eigenvalue weighted by Crippen LogP contribution is -2.26. The van der Waals surface area contributed by atoms with Crippen LogP contribution in [0, 0.1) is 0 Å². The summed E-state index contributed by atoms with van der Waals surface area (Å²) in [5.74, 6) is 0.00416. The lowest BCUT2D eigenvalue weighted by molar-refractivity contribution is 0.0594. The second kappa shape index (κ2) is 10.2. The molecule has 0 aliphatic carbocycles. The lowest BCUT2D eigenvalue weighted by atomic mass is 9.92. The quantitative estimate of drug-likeness (QED) is 0.284. The molecule has 0 bridgehead atoms. The number of hydrogen-bond donors (Lipinski definition) is 0. The summed E-state index contributed by atoms with van der Waals surface area (Å²) in [5.41, 5.74) is 5.11. The third-order valence-corrected chi connectivity index (χ3v) is 7.42. The van der Waals surface area contributed by atoms with Gasteiger partial charge in [-0.2, -0.15) is 5.10 Å². The van der Waals surface area contributed by atoms with E-state index in [0.29, 0.717) is 42.4 Å². The summed E-state index contributed by atoms with van der Waals surface area (Å²) in [4.78, 5) is 19.3. The first kappa shape index (κ1) is 25.2. The minimum atomic E-state index is -2.67. The van der Waals surface area contributed by atoms with Crippen LogP contribution in [-0.2, 0) is 22.9 Å². The van der Waals surface area contributed by atoms with Crippen LogP contribution >= 0.6 is 0 Å². The summed E-state index contributed by atoms with van der Waals surface area (Å²) >= 11 is 0. The van der Waals surface area contributed by atoms with Gasteiger partial charge >= 0.3 is 5.97 Å². The molecule has 9 heteroatoms. The smallest absolute Gasteiger partial charge is 0.356 e. The molecule has 0 N–H and O–H groups in total. The number of ether oxygens (including phenoxy) is 2. The van der Waals surface area contributed by atoms with Gasteiger partial charge in [-0.25, -0.2) is 18.6 Å². The molecule has 7 nitrogen and oxygen atoms in total. The van der Waals surface area contributed by atoms with E-state index in [1.165, 1.54) is 12.7 Å². The van der Waals surface area contributed by atoms with E-state index in [9.17, 15) is 13.6 Å². The molecule has 0 unspecified atom stereocenters. The van der Waals surface area contributed by atoms with Crippen molar-refractivity contribution in [1.29, 1.82) is 0 Å². The van der Waals surface area contributed by atoms with Crippen molar-refractivity contribution >= 4 is 33.8 Å². The summed E-state index contributed by atoms with van der Waals surface area (Å²) < 4.78 is 40.9. The molecule has 0 radical (unpaired) electrons. The molecule has 39 heavy (non-hydrogen) atoms. The van der Waals surface area contributed by atoms with Gasteiger partial charge in [0.2, 0.25) is 0 Å². The van der Waals surface area contributed by atoms with Crippen LogP contribution in [0.25, 0.3) is 27.5 Å². The number of pyridine rings is 1. The number of alkyl halides is 2. The molecule has 0 saturated carbocycles. The van der Waals surface area contributed by atoms with Crippen molar-refractivity contribution in [2.24, 2.45) is 7.05 Å². The number of aromatic nitrogens is 3. The van der Waals surface area contributed by atoms with Gasteiger partial charge < -0.3 is 14.4 Å². The van der Waals surface area contributed by atoms with E-state index >= 15 is 0 Å². The van der Waals surface area contributed by atoms with E-state index in [4.69, 9.17) is 14.5 Å². The van der Waals surface area contributed by atoms with E-state index in [1.807, 2.05) is 23.1 Å². The van der Waals surface area contributed by atoms with Crippen molar-refractivity contribution in [2.45, 2.75) is 25.7 Å². The predicted molar refractivity (Wildman–Crippen MR) is 145 cm³/mol. The summed E-state index contributed by atoms with van der Waals surface area (Å²) in [6, 6.07) is 11.2. The zero-order chi connectivity index (χ0) is 27.1. The molecule has 0 spiro atoms. The van der Waals surface area contributed by atoms with Gasteiger partial charge in [-0.05, 0) is 71.2 Å². The maximum Gasteiger partial charge on any atom is 0.356 e. The largest absolute Gasteiger partial charge is 0.464 e. The number of carbonyl (C=O) groups excluding carboxylic acids is 1. The van der Waals surface area contributed by atoms with Crippen molar-refractivity contribution < 1.29 is 23.0 Å². The summed E-state index contributed by atoms with van der Waals surface area (Å²) in [6.07, 6.45) is 5.11. The monoisotopic (exact) mass is 530 g/mol. The molecule has 0 atom stereocenters. The van der Waals surface area contributed by atoms with Gasteiger partial charge in [-0.3, -0.25) is 4.68 Å². The highest BCUT2D eigenvalue weighted by Crippen LogP contribution is 2.43. The Bertz CT molecular complexity index is 1610. The van der Waals surface area contributed by atoms with Crippen molar-refractivity contribution in [2.75, 3.05) is 31.8 Å². The van der Waals surface area contributed by atoms with Crippen LogP contribution in [0.1, 0.15) is 46.4 Å². The van der Waals surface area contributed by atoms with Gasteiger partial charge in [0.1, 0.15) is 5.82 Å². The Labute approximate surface area is 224 Å². The zero-order valence-corrected chi connectivity index (χ0v) is 21.8. The van der Waals surface area contributed by atoms with Crippen LogP contribution in [-0.4, -0.2) is 47.6 Å². The first-order valence-corrected chi connectivity index (χ1v) is 12.9. The highest BCUT2D eigenvalue weighted by atomic mass is 19.3. The van der Waals surface area contributed by atoms with Crippen LogP contribution in [0.5, 0.6) is 0 Å². The second-order valence-corrected chi connectivity index (χ2v) is 9.84. The number of anilines is 2. The summed E-state index contributed by atoms with van der Waals surface area (Å²) in [5, 5.41) is 5.85. The van der Waals surface area contributed by atoms with Gasteiger partial charge in [0.15, 0.2) is 5.69 Å². The molecule has 2 aromatic carbocycles. The summed E-state index contributed by atoms with van der Waals surface area (Å²) in [7, 11) is 3.08. The van der Waals surface area contributed by atoms with Crippen molar-refractivity contribution in [1.82, 2.24) is 14.8 Å². The SMILES string of the molecule is COC(=O)c1cc2ccc(C3=CCOCC3)cc2c(N2CCCc3cc(-c4cnn(C)c4)c(C(F)F)cc32)n1. The maximum absolute atomic E-state index is 14.4. The fraction of sp³-hybridized carbons (Fsp3) is 0.300. The van der Waals surface area contributed by atoms with Gasteiger partial charge in [-0.1, -0.05) is 18.2 Å². The number of esters is 1. The van der Waals surface area contributed by atoms with Gasteiger partial charge in [-0.15, -0.1) is 0 Å². The van der Waals surface area contributed by atoms with Crippen LogP contribution in [0.3, 0.4) is 0 Å². The molecule has 6 rings (SSSR count). The zero-order valence-electron chi connectivity index (χ0n) is 21.8. The normalized spacial score (nSPS) is 15.4. The Morgan fingerprint density at radius 3 is 2.72 bits per heavy atom. The van der Waals surface area contributed by atoms with Crippen LogP contribution in [0.2, 0.25) is 0 Å². The third kappa shape index (κ3) is 4.67. The number of aryl methyl sites for hydroxylation is 2. The third-order valence-electron chi connectivity index (χ3n) is 7.42. The van der Waals surface area contributed by atoms with Crippen molar-refractivity contribution in [3.05, 3.63) is 77.3 Å². The number of nitrogens with zero attached hydrogens (tertiary/aromatic N) is 4. The maximum atomic E-state index is 14.4. The first-order valence-electron chi connectivity index (χ1n) is 12.9. The number of hydrogen-bond acceptors (Lipinski definition) is 6. The Balaban J connectivity index is 1.55. The first-order chi connectivity index (χ1) is 18.9. The number of methoxy groups -OCH3 is 1. The van der Waals surface area contributed by atoms with Crippen molar-refractivity contribution in [3.63, 3.8) is 0 Å². The second-order valence-electron chi connectivity index (χ2n) is 9.84. The van der Waals surface area contributed by atoms with Crippen LogP contribution in [0.4, 0.5) is 20.3 Å². The average Bonchev–Trinajstić information content (AvgIpc) is 3.41. The highest BCUT2D eigenvalue weighted by Gasteiger charge is 2.27. The van der Waals surface area contributed by atoms with E-state index < -0.39 is 12.4 Å². The summed E-state index contributed by atoms with van der Waals surface area (Å²) in [6.45, 7) is 1.80. The van der Waals surface area contributed by atoms with E-state index in [-0.39, 0.29) is 11.3 Å². The highest BCUT2D eigenvalue weighted by molar-refractivity contribution is 6.01. The standard InChI is InChI=1S/C30H28F2N4O3/c1-35-17-22(16-33-35)23-13-21-4-3-9-36(27(21)15-25(23)28(31)32)29-24-12-19(18-7-10-39-11-8-18)5-6-20(24)14-26(34-29)30(37)38-2/h5-7,12-17,28H,3-4,8-11H2,1-2H3. The van der Waals surface area contributed by atoms with Gasteiger partial charge in [0, 0.05) is 42.0 Å². The van der Waals surface area contributed by atoms with Crippen LogP contribution in [0.15, 0.2) is 54.9 Å². The predicted octanol–water partition coefficient (Wildman–Crippen LogP) is 6.25. The van der Waals surface area contributed by atoms with Gasteiger partial charge in [0.05, 0.1) is 26.5 Å². The molecule has 2 aliphatic rings. The molecule has 0 fully saturated rings. The molecule has 4 heterocycles. The molecule has 0 amide bonds. The molecule has 0 saturated heterocycles. The number of carbonyl (C=O) groups is 1. The Hall–Kier alpha value is -4.11. The fourth-order valence-corrected chi connectivity index (χ4v) is 5.49. The Morgan fingerprint density at radius 2 is 2.00 bits per heavy atom. The molecule has 4 aromatic rings. The number of benzene rings is 2. The molecule has 2 aliphatic heterocycles. The molecular weight excluding hydrogens is 502 g/mol. The molecule has 200 valence electrons. The van der Waals surface area contributed by atoms with Crippen molar-refractivity contribution in [3.8, 4) is 11.1 Å². The van der Waals surface area contributed by atoms with E-state index in [0.717, 1.165) is 41.2 Å². The number of fused-ring (bicyclic) bond motifs is 2. The number of halogens is 2. The van der Waals surface area contributed by atoms with Gasteiger partial charge in [0.25, 0.3) is 6.43 Å². The molecule has 2 aromatic heterocycles. The molecular formula is C30H28F2N4O3. The Kier molecular flexibility index (Phi) is 6.60. The topological polar surface area (TPSA) is 69.5 Å². The minimum absolute atomic E-state index is 0.0601. The lowest BCUT2D eigenvalue weighted by Gasteiger charge is -2.33. The van der Waals surface area contributed by atoms with Crippen LogP contribution < -0.4 is 4.90 Å².